The van der Waals surface area contributed by atoms with Gasteiger partial charge in [0, 0.05) is 33.8 Å². The fourth-order valence-electron chi connectivity index (χ4n) is 7.66. The molecule has 0 fully saturated rings. The lowest BCUT2D eigenvalue weighted by molar-refractivity contribution is 0.542. The molecule has 1 aliphatic heterocycles. The summed E-state index contributed by atoms with van der Waals surface area (Å²) in [6, 6.07) is 40.4. The van der Waals surface area contributed by atoms with Gasteiger partial charge in [-0.25, -0.2) is 0 Å². The molecule has 8 rings (SSSR count). The number of hydrogen-bond acceptors (Lipinski definition) is 1. The molecule has 43 heavy (non-hydrogen) atoms. The van der Waals surface area contributed by atoms with E-state index in [0.29, 0.717) is 5.92 Å². The number of nitrogens with zero attached hydrogens (tertiary/aromatic N) is 2. The second-order valence-electron chi connectivity index (χ2n) is 12.4. The monoisotopic (exact) mass is 556 g/mol. The van der Waals surface area contributed by atoms with Crippen LogP contribution in [-0.2, 0) is 12.8 Å². The topological polar surface area (TPSA) is 8.17 Å². The van der Waals surface area contributed by atoms with Crippen LogP contribution in [0.1, 0.15) is 40.7 Å². The molecular weight excluding hydrogens is 520 g/mol. The van der Waals surface area contributed by atoms with Gasteiger partial charge in [-0.1, -0.05) is 91.0 Å². The molecule has 0 N–H and O–H groups in total. The molecule has 0 bridgehead atoms. The Balaban J connectivity index is 1.07. The van der Waals surface area contributed by atoms with Crippen LogP contribution in [0, 0.1) is 13.8 Å². The highest BCUT2D eigenvalue weighted by atomic mass is 15.2. The summed E-state index contributed by atoms with van der Waals surface area (Å²) in [5.74, 6) is 0.363. The molecule has 2 nitrogen and oxygen atoms in total. The van der Waals surface area contributed by atoms with Crippen molar-refractivity contribution in [1.29, 1.82) is 0 Å². The maximum absolute atomic E-state index is 2.54. The van der Waals surface area contributed by atoms with Crippen LogP contribution in [0.4, 0.5) is 11.4 Å². The first kappa shape index (κ1) is 25.9. The minimum Gasteiger partial charge on any atom is -0.331 e. The average Bonchev–Trinajstić information content (AvgIpc) is 3.50. The van der Waals surface area contributed by atoms with E-state index < -0.39 is 0 Å². The van der Waals surface area contributed by atoms with E-state index in [0.717, 1.165) is 12.8 Å². The Morgan fingerprint density at radius 1 is 0.628 bits per heavy atom. The minimum atomic E-state index is -0.0956. The Hall–Kier alpha value is -4.82. The maximum atomic E-state index is 2.54. The van der Waals surface area contributed by atoms with Gasteiger partial charge in [-0.15, -0.1) is 0 Å². The van der Waals surface area contributed by atoms with Crippen LogP contribution in [0.3, 0.4) is 0 Å². The summed E-state index contributed by atoms with van der Waals surface area (Å²) in [5, 5.41) is 2.60. The van der Waals surface area contributed by atoms with Gasteiger partial charge in [-0.05, 0) is 104 Å². The van der Waals surface area contributed by atoms with Gasteiger partial charge in [-0.3, -0.25) is 0 Å². The van der Waals surface area contributed by atoms with Gasteiger partial charge in [0.25, 0.3) is 0 Å². The van der Waals surface area contributed by atoms with E-state index >= 15 is 0 Å². The number of aryl methyl sites for hydroxylation is 4. The van der Waals surface area contributed by atoms with Crippen LogP contribution >= 0.6 is 0 Å². The van der Waals surface area contributed by atoms with Crippen LogP contribution in [0.2, 0.25) is 0 Å². The van der Waals surface area contributed by atoms with Gasteiger partial charge < -0.3 is 9.47 Å². The van der Waals surface area contributed by atoms with Crippen molar-refractivity contribution < 1.29 is 0 Å². The first-order valence-corrected chi connectivity index (χ1v) is 15.5. The third kappa shape index (κ3) is 4.01. The van der Waals surface area contributed by atoms with Crippen molar-refractivity contribution in [2.24, 2.45) is 0 Å². The summed E-state index contributed by atoms with van der Waals surface area (Å²) in [6.07, 6.45) is 11.2. The van der Waals surface area contributed by atoms with Crippen LogP contribution < -0.4 is 4.90 Å². The van der Waals surface area contributed by atoms with E-state index in [2.05, 4.69) is 164 Å². The molecular formula is C41H36N2. The normalized spacial score (nSPS) is 18.9. The molecule has 1 aromatic heterocycles. The van der Waals surface area contributed by atoms with Crippen molar-refractivity contribution in [2.75, 3.05) is 4.90 Å². The second kappa shape index (κ2) is 9.88. The van der Waals surface area contributed by atoms with Gasteiger partial charge in [-0.2, -0.15) is 0 Å². The highest BCUT2D eigenvalue weighted by Crippen LogP contribution is 2.53. The summed E-state index contributed by atoms with van der Waals surface area (Å²) in [6.45, 7) is 6.90. The third-order valence-corrected chi connectivity index (χ3v) is 9.89. The first-order chi connectivity index (χ1) is 21.0. The average molecular weight is 557 g/mol. The van der Waals surface area contributed by atoms with Crippen molar-refractivity contribution >= 4 is 33.2 Å². The quantitative estimate of drug-likeness (QED) is 0.205. The number of benzene rings is 5. The predicted octanol–water partition coefficient (Wildman–Crippen LogP) is 10.3. The van der Waals surface area contributed by atoms with Crippen LogP contribution in [0.25, 0.3) is 27.5 Å². The lowest BCUT2D eigenvalue weighted by atomic mass is 9.80. The number of fused-ring (bicyclic) bond motifs is 6. The van der Waals surface area contributed by atoms with Gasteiger partial charge >= 0.3 is 0 Å². The van der Waals surface area contributed by atoms with Gasteiger partial charge in [0.1, 0.15) is 0 Å². The maximum Gasteiger partial charge on any atom is 0.0712 e. The second-order valence-corrected chi connectivity index (χ2v) is 12.4. The zero-order chi connectivity index (χ0) is 29.1. The number of anilines is 2. The fourth-order valence-corrected chi connectivity index (χ4v) is 7.66. The molecule has 0 spiro atoms. The van der Waals surface area contributed by atoms with Crippen molar-refractivity contribution in [3.63, 3.8) is 0 Å². The van der Waals surface area contributed by atoms with Gasteiger partial charge in [0.05, 0.1) is 16.6 Å². The summed E-state index contributed by atoms with van der Waals surface area (Å²) in [5.41, 5.74) is 13.2. The Labute approximate surface area is 254 Å². The van der Waals surface area contributed by atoms with E-state index in [1.54, 1.807) is 0 Å². The molecule has 0 saturated heterocycles. The zero-order valence-corrected chi connectivity index (χ0v) is 25.1. The van der Waals surface area contributed by atoms with Crippen molar-refractivity contribution in [1.82, 2.24) is 4.57 Å². The summed E-state index contributed by atoms with van der Waals surface area (Å²) in [7, 11) is 0. The summed E-state index contributed by atoms with van der Waals surface area (Å²) >= 11 is 0. The van der Waals surface area contributed by atoms with E-state index in [1.807, 2.05) is 0 Å². The van der Waals surface area contributed by atoms with E-state index in [4.69, 9.17) is 0 Å². The molecule has 2 unspecified atom stereocenters. The standard InChI is InChI=1S/C41H36N2/c1-28-26-32(42-38-16-7-4-12-34(38)35-13-5-8-17-39(35)42)23-21-30(28)19-20-31-22-24-33(27-29(31)2)43-40-18-9-6-14-36(40)37-15-10-11-25-41(37,43)3/h4-18,21-27,37H,19-20H2,1-3H3. The molecule has 2 heteroatoms. The molecule has 2 heterocycles. The third-order valence-electron chi connectivity index (χ3n) is 9.89. The van der Waals surface area contributed by atoms with Crippen molar-refractivity contribution in [2.45, 2.75) is 45.1 Å². The number of aromatic nitrogens is 1. The van der Waals surface area contributed by atoms with Crippen LogP contribution in [0.5, 0.6) is 0 Å². The smallest absolute Gasteiger partial charge is 0.0712 e. The molecule has 2 atom stereocenters. The minimum absolute atomic E-state index is 0.0956. The molecule has 5 aromatic carbocycles. The SMILES string of the molecule is Cc1cc(N2c3ccccc3C3C=CC=CC32C)ccc1CCc1ccc(-n2c3ccccc3c3ccccc32)cc1C. The Morgan fingerprint density at radius 3 is 1.88 bits per heavy atom. The zero-order valence-electron chi connectivity index (χ0n) is 25.1. The van der Waals surface area contributed by atoms with E-state index in [9.17, 15) is 0 Å². The van der Waals surface area contributed by atoms with Crippen molar-refractivity contribution in [3.05, 3.63) is 161 Å². The van der Waals surface area contributed by atoms with Gasteiger partial charge in [0.15, 0.2) is 0 Å². The van der Waals surface area contributed by atoms with Crippen molar-refractivity contribution in [3.8, 4) is 5.69 Å². The lowest BCUT2D eigenvalue weighted by Gasteiger charge is -2.39. The lowest BCUT2D eigenvalue weighted by Crippen LogP contribution is -2.42. The number of hydrogen-bond donors (Lipinski definition) is 0. The molecule has 1 aliphatic carbocycles. The number of allylic oxidation sites excluding steroid dienone is 2. The first-order valence-electron chi connectivity index (χ1n) is 15.5. The molecule has 0 saturated carbocycles. The Morgan fingerprint density at radius 2 is 1.21 bits per heavy atom. The van der Waals surface area contributed by atoms with Gasteiger partial charge in [0.2, 0.25) is 0 Å². The van der Waals surface area contributed by atoms with E-state index in [-0.39, 0.29) is 5.54 Å². The van der Waals surface area contributed by atoms with Crippen LogP contribution in [-0.4, -0.2) is 10.1 Å². The largest absolute Gasteiger partial charge is 0.331 e. The summed E-state index contributed by atoms with van der Waals surface area (Å²) < 4.78 is 2.41. The molecule has 0 amide bonds. The molecule has 210 valence electrons. The fraction of sp³-hybridized carbons (Fsp3) is 0.171. The predicted molar refractivity (Wildman–Crippen MR) is 182 cm³/mol. The number of para-hydroxylation sites is 3. The summed E-state index contributed by atoms with van der Waals surface area (Å²) in [4.78, 5) is 2.54. The highest BCUT2D eigenvalue weighted by molar-refractivity contribution is 6.09. The van der Waals surface area contributed by atoms with E-state index in [1.165, 1.54) is 66.7 Å². The molecule has 2 aliphatic rings. The highest BCUT2D eigenvalue weighted by Gasteiger charge is 2.46. The Kier molecular flexibility index (Phi) is 5.94. The Bertz CT molecular complexity index is 2040. The van der Waals surface area contributed by atoms with Crippen LogP contribution in [0.15, 0.2) is 133 Å². The molecule has 6 aromatic rings. The number of rotatable bonds is 5. The molecule has 0 radical (unpaired) electrons.